The Bertz CT molecular complexity index is 218. The topological polar surface area (TPSA) is 40.5 Å². The molecule has 1 aliphatic rings. The molecule has 1 N–H and O–H groups in total. The molecule has 3 nitrogen and oxygen atoms in total. The average Bonchev–Trinajstić information content (AvgIpc) is 2.57. The van der Waals surface area contributed by atoms with Crippen molar-refractivity contribution in [1.82, 2.24) is 4.90 Å². The van der Waals surface area contributed by atoms with E-state index in [9.17, 15) is 9.90 Å². The summed E-state index contributed by atoms with van der Waals surface area (Å²) in [5.74, 6) is 0.977. The fourth-order valence-electron chi connectivity index (χ4n) is 2.16. The van der Waals surface area contributed by atoms with E-state index in [1.54, 1.807) is 0 Å². The van der Waals surface area contributed by atoms with Crippen molar-refractivity contribution < 1.29 is 9.90 Å². The molecule has 0 aromatic heterocycles. The summed E-state index contributed by atoms with van der Waals surface area (Å²) in [4.78, 5) is 13.9. The number of ketones is 1. The maximum atomic E-state index is 11.8. The summed E-state index contributed by atoms with van der Waals surface area (Å²) in [5.41, 5.74) is 0. The van der Waals surface area contributed by atoms with Crippen LogP contribution in [0.3, 0.4) is 0 Å². The SMILES string of the molecule is CCC(C)C(=O)CN1CCC(C)C1CO. The lowest BCUT2D eigenvalue weighted by atomic mass is 10.0. The van der Waals surface area contributed by atoms with E-state index in [-0.39, 0.29) is 18.6 Å². The second kappa shape index (κ2) is 5.61. The molecule has 3 unspecified atom stereocenters. The van der Waals surface area contributed by atoms with E-state index in [0.29, 0.717) is 18.2 Å². The second-order valence-corrected chi connectivity index (χ2v) is 4.76. The molecule has 0 bridgehead atoms. The Kier molecular flexibility index (Phi) is 4.74. The fourth-order valence-corrected chi connectivity index (χ4v) is 2.16. The summed E-state index contributed by atoms with van der Waals surface area (Å²) >= 11 is 0. The largest absolute Gasteiger partial charge is 0.395 e. The number of nitrogens with zero attached hydrogens (tertiary/aromatic N) is 1. The first-order valence-electron chi connectivity index (χ1n) is 5.97. The number of rotatable bonds is 5. The molecule has 1 heterocycles. The molecule has 0 aromatic rings. The highest BCUT2D eigenvalue weighted by Crippen LogP contribution is 2.23. The number of aliphatic hydroxyl groups excluding tert-OH is 1. The third-order valence-corrected chi connectivity index (χ3v) is 3.71. The van der Waals surface area contributed by atoms with E-state index in [1.807, 2.05) is 13.8 Å². The highest BCUT2D eigenvalue weighted by atomic mass is 16.3. The molecule has 0 aliphatic carbocycles. The molecular weight excluding hydrogens is 190 g/mol. The molecule has 0 spiro atoms. The maximum absolute atomic E-state index is 11.8. The standard InChI is InChI=1S/C12H23NO2/c1-4-9(2)12(15)7-13-6-5-10(3)11(13)8-14/h9-11,14H,4-8H2,1-3H3. The van der Waals surface area contributed by atoms with Crippen molar-refractivity contribution in [3.05, 3.63) is 0 Å². The van der Waals surface area contributed by atoms with Gasteiger partial charge in [0.25, 0.3) is 0 Å². The molecule has 1 fully saturated rings. The zero-order valence-electron chi connectivity index (χ0n) is 10.1. The molecule has 88 valence electrons. The summed E-state index contributed by atoms with van der Waals surface area (Å²) in [6.45, 7) is 7.82. The summed E-state index contributed by atoms with van der Waals surface area (Å²) in [6.07, 6.45) is 2.00. The summed E-state index contributed by atoms with van der Waals surface area (Å²) < 4.78 is 0. The minimum absolute atomic E-state index is 0.153. The molecule has 15 heavy (non-hydrogen) atoms. The van der Waals surface area contributed by atoms with E-state index in [0.717, 1.165) is 19.4 Å². The Morgan fingerprint density at radius 2 is 2.27 bits per heavy atom. The van der Waals surface area contributed by atoms with Crippen LogP contribution in [0, 0.1) is 11.8 Å². The van der Waals surface area contributed by atoms with E-state index in [4.69, 9.17) is 0 Å². The Morgan fingerprint density at radius 3 is 2.80 bits per heavy atom. The van der Waals surface area contributed by atoms with Gasteiger partial charge in [0, 0.05) is 12.0 Å². The zero-order chi connectivity index (χ0) is 11.4. The van der Waals surface area contributed by atoms with Gasteiger partial charge in [-0.25, -0.2) is 0 Å². The van der Waals surface area contributed by atoms with E-state index in [2.05, 4.69) is 11.8 Å². The Labute approximate surface area is 92.5 Å². The van der Waals surface area contributed by atoms with Gasteiger partial charge in [0.15, 0.2) is 0 Å². The molecule has 1 rings (SSSR count). The summed E-state index contributed by atoms with van der Waals surface area (Å²) in [7, 11) is 0. The van der Waals surface area contributed by atoms with E-state index < -0.39 is 0 Å². The molecule has 3 atom stereocenters. The van der Waals surface area contributed by atoms with Crippen molar-refractivity contribution in [2.75, 3.05) is 19.7 Å². The van der Waals surface area contributed by atoms with Crippen molar-refractivity contribution in [2.45, 2.75) is 39.7 Å². The van der Waals surface area contributed by atoms with Crippen LogP contribution in [0.25, 0.3) is 0 Å². The van der Waals surface area contributed by atoms with Crippen LogP contribution in [0.1, 0.15) is 33.6 Å². The normalized spacial score (nSPS) is 29.3. The monoisotopic (exact) mass is 213 g/mol. The first-order chi connectivity index (χ1) is 7.10. The molecule has 0 amide bonds. The van der Waals surface area contributed by atoms with Crippen molar-refractivity contribution >= 4 is 5.78 Å². The average molecular weight is 213 g/mol. The van der Waals surface area contributed by atoms with Crippen LogP contribution in [0.5, 0.6) is 0 Å². The number of carbonyl (C=O) groups excluding carboxylic acids is 1. The number of carbonyl (C=O) groups is 1. The van der Waals surface area contributed by atoms with Gasteiger partial charge in [0.1, 0.15) is 5.78 Å². The minimum Gasteiger partial charge on any atom is -0.395 e. The molecule has 0 aromatic carbocycles. The van der Waals surface area contributed by atoms with Crippen LogP contribution < -0.4 is 0 Å². The highest BCUT2D eigenvalue weighted by molar-refractivity contribution is 5.82. The van der Waals surface area contributed by atoms with Gasteiger partial charge >= 0.3 is 0 Å². The van der Waals surface area contributed by atoms with Crippen LogP contribution in [-0.2, 0) is 4.79 Å². The van der Waals surface area contributed by atoms with E-state index >= 15 is 0 Å². The van der Waals surface area contributed by atoms with Crippen LogP contribution in [0.2, 0.25) is 0 Å². The number of hydrogen-bond donors (Lipinski definition) is 1. The summed E-state index contributed by atoms with van der Waals surface area (Å²) in [5, 5.41) is 9.26. The first kappa shape index (κ1) is 12.7. The third-order valence-electron chi connectivity index (χ3n) is 3.71. The van der Waals surface area contributed by atoms with Gasteiger partial charge < -0.3 is 5.11 Å². The molecule has 0 saturated carbocycles. The van der Waals surface area contributed by atoms with Gasteiger partial charge in [-0.15, -0.1) is 0 Å². The van der Waals surface area contributed by atoms with Crippen molar-refractivity contribution in [3.8, 4) is 0 Å². The first-order valence-corrected chi connectivity index (χ1v) is 5.97. The zero-order valence-corrected chi connectivity index (χ0v) is 10.1. The van der Waals surface area contributed by atoms with Crippen molar-refractivity contribution in [2.24, 2.45) is 11.8 Å². The van der Waals surface area contributed by atoms with Crippen molar-refractivity contribution in [1.29, 1.82) is 0 Å². The van der Waals surface area contributed by atoms with Gasteiger partial charge in [-0.3, -0.25) is 9.69 Å². The van der Waals surface area contributed by atoms with Gasteiger partial charge in [-0.2, -0.15) is 0 Å². The van der Waals surface area contributed by atoms with E-state index in [1.165, 1.54) is 0 Å². The lowest BCUT2D eigenvalue weighted by molar-refractivity contribution is -0.124. The molecule has 1 aliphatic heterocycles. The molecule has 0 radical (unpaired) electrons. The van der Waals surface area contributed by atoms with Crippen LogP contribution in [0.15, 0.2) is 0 Å². The number of aliphatic hydroxyl groups is 1. The smallest absolute Gasteiger partial charge is 0.149 e. The molecule has 1 saturated heterocycles. The number of Topliss-reactive ketones (excluding diaryl/α,β-unsaturated/α-hetero) is 1. The molecule has 3 heteroatoms. The minimum atomic E-state index is 0.153. The highest BCUT2D eigenvalue weighted by Gasteiger charge is 2.31. The predicted molar refractivity (Wildman–Crippen MR) is 60.7 cm³/mol. The number of likely N-dealkylation sites (tertiary alicyclic amines) is 1. The van der Waals surface area contributed by atoms with Gasteiger partial charge in [0.2, 0.25) is 0 Å². The maximum Gasteiger partial charge on any atom is 0.149 e. The summed E-state index contributed by atoms with van der Waals surface area (Å²) in [6, 6.07) is 0.193. The van der Waals surface area contributed by atoms with Crippen LogP contribution in [-0.4, -0.2) is 41.5 Å². The molecular formula is C12H23NO2. The van der Waals surface area contributed by atoms with Gasteiger partial charge in [-0.1, -0.05) is 20.8 Å². The second-order valence-electron chi connectivity index (χ2n) is 4.76. The van der Waals surface area contributed by atoms with Crippen LogP contribution in [0.4, 0.5) is 0 Å². The van der Waals surface area contributed by atoms with Crippen LogP contribution >= 0.6 is 0 Å². The Hall–Kier alpha value is -0.410. The quantitative estimate of drug-likeness (QED) is 0.748. The van der Waals surface area contributed by atoms with Gasteiger partial charge in [0.05, 0.1) is 13.2 Å². The third kappa shape index (κ3) is 3.02. The van der Waals surface area contributed by atoms with Gasteiger partial charge in [-0.05, 0) is 25.3 Å². The lowest BCUT2D eigenvalue weighted by Gasteiger charge is -2.25. The Morgan fingerprint density at radius 1 is 1.60 bits per heavy atom. The predicted octanol–water partition coefficient (Wildman–Crippen LogP) is 1.30. The number of hydrogen-bond acceptors (Lipinski definition) is 3. The van der Waals surface area contributed by atoms with Crippen molar-refractivity contribution in [3.63, 3.8) is 0 Å². The fraction of sp³-hybridized carbons (Fsp3) is 0.917. The lowest BCUT2D eigenvalue weighted by Crippen LogP contribution is -2.39. The Balaban J connectivity index is 2.48.